The van der Waals surface area contributed by atoms with Crippen LogP contribution in [-0.2, 0) is 9.59 Å². The van der Waals surface area contributed by atoms with E-state index in [1.54, 1.807) is 24.3 Å². The lowest BCUT2D eigenvalue weighted by molar-refractivity contribution is -0.119. The van der Waals surface area contributed by atoms with Crippen LogP contribution in [0.3, 0.4) is 0 Å². The smallest absolute Gasteiger partial charge is 0.272 e. The molecule has 1 aliphatic heterocycles. The third kappa shape index (κ3) is 3.80. The van der Waals surface area contributed by atoms with E-state index in [2.05, 4.69) is 0 Å². The fourth-order valence-electron chi connectivity index (χ4n) is 2.88. The van der Waals surface area contributed by atoms with Gasteiger partial charge in [0.25, 0.3) is 11.8 Å². The van der Waals surface area contributed by atoms with Crippen molar-refractivity contribution in [1.82, 2.24) is 0 Å². The molecule has 1 aliphatic rings. The lowest BCUT2D eigenvalue weighted by Gasteiger charge is -2.16. The third-order valence-corrected chi connectivity index (χ3v) is 5.09. The molecule has 0 fully saturated rings. The Bertz CT molecular complexity index is 955. The molecule has 0 radical (unpaired) electrons. The molecule has 0 saturated carbocycles. The highest BCUT2D eigenvalue weighted by atomic mass is 32.2. The maximum Gasteiger partial charge on any atom is 0.272 e. The van der Waals surface area contributed by atoms with Crippen molar-refractivity contribution in [3.63, 3.8) is 0 Å². The van der Waals surface area contributed by atoms with Crippen molar-refractivity contribution >= 4 is 34.8 Å². The Labute approximate surface area is 166 Å². The number of carbonyl (C=O) groups excluding carboxylic acids is 2. The van der Waals surface area contributed by atoms with Crippen molar-refractivity contribution in [2.75, 3.05) is 11.5 Å². The molecule has 0 spiro atoms. The lowest BCUT2D eigenvalue weighted by atomic mass is 10.1. The number of nitrogens with zero attached hydrogens (tertiary/aromatic N) is 1. The standard InChI is InChI=1S/C21H19F2NO3S/c1-4-27-15-8-5-13(6-9-15)18-19(28-12(2)3)21(26)24(20(18)25)17-10-7-14(22)11-16(17)23/h5-12H,4H2,1-3H3. The lowest BCUT2D eigenvalue weighted by Crippen LogP contribution is -2.32. The molecule has 2 amide bonds. The van der Waals surface area contributed by atoms with E-state index in [1.165, 1.54) is 11.8 Å². The molecule has 0 saturated heterocycles. The maximum absolute atomic E-state index is 14.3. The minimum atomic E-state index is -0.969. The quantitative estimate of drug-likeness (QED) is 0.651. The first-order chi connectivity index (χ1) is 13.3. The molecule has 2 aromatic rings. The number of amides is 2. The van der Waals surface area contributed by atoms with Crippen molar-refractivity contribution in [1.29, 1.82) is 0 Å². The molecule has 2 aromatic carbocycles. The van der Waals surface area contributed by atoms with Gasteiger partial charge in [-0.15, -0.1) is 11.8 Å². The summed E-state index contributed by atoms with van der Waals surface area (Å²) in [5.41, 5.74) is 0.477. The van der Waals surface area contributed by atoms with E-state index in [4.69, 9.17) is 4.74 Å². The van der Waals surface area contributed by atoms with Crippen LogP contribution in [0.15, 0.2) is 47.4 Å². The first-order valence-electron chi connectivity index (χ1n) is 8.81. The van der Waals surface area contributed by atoms with Gasteiger partial charge in [-0.1, -0.05) is 26.0 Å². The van der Waals surface area contributed by atoms with E-state index in [0.717, 1.165) is 17.0 Å². The highest BCUT2D eigenvalue weighted by Gasteiger charge is 2.41. The minimum Gasteiger partial charge on any atom is -0.494 e. The van der Waals surface area contributed by atoms with E-state index >= 15 is 0 Å². The highest BCUT2D eigenvalue weighted by molar-refractivity contribution is 8.04. The number of anilines is 1. The Morgan fingerprint density at radius 2 is 1.71 bits per heavy atom. The molecule has 0 bridgehead atoms. The van der Waals surface area contributed by atoms with Gasteiger partial charge < -0.3 is 4.74 Å². The molecule has 0 N–H and O–H groups in total. The molecular weight excluding hydrogens is 384 g/mol. The fraction of sp³-hybridized carbons (Fsp3) is 0.238. The van der Waals surface area contributed by atoms with Gasteiger partial charge in [-0.2, -0.15) is 0 Å². The Morgan fingerprint density at radius 1 is 1.04 bits per heavy atom. The summed E-state index contributed by atoms with van der Waals surface area (Å²) in [6, 6.07) is 9.57. The van der Waals surface area contributed by atoms with Gasteiger partial charge in [0, 0.05) is 11.3 Å². The molecule has 146 valence electrons. The topological polar surface area (TPSA) is 46.6 Å². The Hall–Kier alpha value is -2.67. The predicted molar refractivity (Wildman–Crippen MR) is 106 cm³/mol. The number of rotatable bonds is 6. The number of benzene rings is 2. The van der Waals surface area contributed by atoms with Gasteiger partial charge in [-0.25, -0.2) is 13.7 Å². The molecule has 4 nitrogen and oxygen atoms in total. The van der Waals surface area contributed by atoms with Gasteiger partial charge in [0.15, 0.2) is 0 Å². The Morgan fingerprint density at radius 3 is 2.29 bits per heavy atom. The Balaban J connectivity index is 2.07. The largest absolute Gasteiger partial charge is 0.494 e. The molecular formula is C21H19F2NO3S. The summed E-state index contributed by atoms with van der Waals surface area (Å²) < 4.78 is 33.0. The van der Waals surface area contributed by atoms with E-state index in [-0.39, 0.29) is 21.4 Å². The van der Waals surface area contributed by atoms with Crippen LogP contribution in [0, 0.1) is 11.6 Å². The van der Waals surface area contributed by atoms with Crippen LogP contribution in [0.2, 0.25) is 0 Å². The summed E-state index contributed by atoms with van der Waals surface area (Å²) in [6.07, 6.45) is 0. The average molecular weight is 403 g/mol. The van der Waals surface area contributed by atoms with E-state index in [0.29, 0.717) is 24.0 Å². The summed E-state index contributed by atoms with van der Waals surface area (Å²) in [5, 5.41) is 0.0301. The molecule has 0 aliphatic carbocycles. The van der Waals surface area contributed by atoms with Crippen LogP contribution in [0.4, 0.5) is 14.5 Å². The number of hydrogen-bond donors (Lipinski definition) is 0. The Kier molecular flexibility index (Phi) is 5.84. The van der Waals surface area contributed by atoms with Gasteiger partial charge in [0.1, 0.15) is 17.4 Å². The van der Waals surface area contributed by atoms with E-state index in [1.807, 2.05) is 20.8 Å². The summed E-state index contributed by atoms with van der Waals surface area (Å²) in [7, 11) is 0. The first-order valence-corrected chi connectivity index (χ1v) is 9.69. The van der Waals surface area contributed by atoms with Crippen molar-refractivity contribution < 1.29 is 23.1 Å². The second kappa shape index (κ2) is 8.14. The number of carbonyl (C=O) groups is 2. The summed E-state index contributed by atoms with van der Waals surface area (Å²) in [6.45, 7) is 6.16. The van der Waals surface area contributed by atoms with Gasteiger partial charge >= 0.3 is 0 Å². The number of thioether (sulfide) groups is 1. The summed E-state index contributed by atoms with van der Waals surface area (Å²) >= 11 is 1.24. The van der Waals surface area contributed by atoms with Crippen molar-refractivity contribution in [3.05, 3.63) is 64.6 Å². The van der Waals surface area contributed by atoms with Crippen LogP contribution in [-0.4, -0.2) is 23.7 Å². The maximum atomic E-state index is 14.3. The van der Waals surface area contributed by atoms with Crippen LogP contribution in [0.1, 0.15) is 26.3 Å². The molecule has 7 heteroatoms. The van der Waals surface area contributed by atoms with Crippen LogP contribution in [0.5, 0.6) is 5.75 Å². The summed E-state index contributed by atoms with van der Waals surface area (Å²) in [5.74, 6) is -2.36. The summed E-state index contributed by atoms with van der Waals surface area (Å²) in [4.78, 5) is 27.1. The zero-order valence-corrected chi connectivity index (χ0v) is 16.5. The molecule has 0 unspecified atom stereocenters. The van der Waals surface area contributed by atoms with Gasteiger partial charge in [0.05, 0.1) is 22.8 Å². The second-order valence-corrected chi connectivity index (χ2v) is 7.96. The number of halogens is 2. The van der Waals surface area contributed by atoms with Crippen LogP contribution < -0.4 is 9.64 Å². The number of ether oxygens (including phenoxy) is 1. The fourth-order valence-corrected chi connectivity index (χ4v) is 3.86. The van der Waals surface area contributed by atoms with Crippen molar-refractivity contribution in [3.8, 4) is 5.75 Å². The zero-order chi connectivity index (χ0) is 20.4. The average Bonchev–Trinajstić information content (AvgIpc) is 2.86. The zero-order valence-electron chi connectivity index (χ0n) is 15.7. The normalized spacial score (nSPS) is 14.4. The van der Waals surface area contributed by atoms with E-state index < -0.39 is 23.4 Å². The minimum absolute atomic E-state index is 0.0301. The van der Waals surface area contributed by atoms with Crippen molar-refractivity contribution in [2.24, 2.45) is 0 Å². The van der Waals surface area contributed by atoms with Gasteiger partial charge in [0.2, 0.25) is 0 Å². The first kappa shape index (κ1) is 20.1. The van der Waals surface area contributed by atoms with Gasteiger partial charge in [-0.3, -0.25) is 9.59 Å². The van der Waals surface area contributed by atoms with Crippen LogP contribution >= 0.6 is 11.8 Å². The SMILES string of the molecule is CCOc1ccc(C2=C(SC(C)C)C(=O)N(c3ccc(F)cc3F)C2=O)cc1. The monoisotopic (exact) mass is 403 g/mol. The molecule has 28 heavy (non-hydrogen) atoms. The van der Waals surface area contributed by atoms with Gasteiger partial charge in [-0.05, 0) is 36.8 Å². The predicted octanol–water partition coefficient (Wildman–Crippen LogP) is 4.79. The highest BCUT2D eigenvalue weighted by Crippen LogP contribution is 2.40. The molecule has 0 atom stereocenters. The number of hydrogen-bond acceptors (Lipinski definition) is 4. The van der Waals surface area contributed by atoms with E-state index in [9.17, 15) is 18.4 Å². The van der Waals surface area contributed by atoms with Crippen LogP contribution in [0.25, 0.3) is 5.57 Å². The number of imide groups is 1. The molecule has 0 aromatic heterocycles. The molecule has 1 heterocycles. The third-order valence-electron chi connectivity index (χ3n) is 4.00. The molecule has 3 rings (SSSR count). The second-order valence-electron chi connectivity index (χ2n) is 6.37. The van der Waals surface area contributed by atoms with Crippen molar-refractivity contribution in [2.45, 2.75) is 26.0 Å².